The number of benzene rings is 2. The molecule has 0 spiro atoms. The molecule has 0 aliphatic carbocycles. The van der Waals surface area contributed by atoms with Crippen LogP contribution in [0.1, 0.15) is 39.7 Å². The third-order valence-corrected chi connectivity index (χ3v) is 8.38. The van der Waals surface area contributed by atoms with Gasteiger partial charge in [-0.15, -0.1) is 0 Å². The number of amides is 2. The van der Waals surface area contributed by atoms with Crippen LogP contribution in [-0.4, -0.2) is 76.6 Å². The second-order valence-corrected chi connectivity index (χ2v) is 11.0. The largest absolute Gasteiger partial charge is 0.493 e. The van der Waals surface area contributed by atoms with Crippen molar-refractivity contribution >= 4 is 17.5 Å². The van der Waals surface area contributed by atoms with Crippen LogP contribution in [0.15, 0.2) is 48.7 Å². The molecule has 2 aromatic heterocycles. The van der Waals surface area contributed by atoms with Crippen molar-refractivity contribution in [2.24, 2.45) is 0 Å². The normalized spacial score (nSPS) is 16.2. The Morgan fingerprint density at radius 2 is 1.74 bits per heavy atom. The lowest BCUT2D eigenvalue weighted by Crippen LogP contribution is -2.43. The van der Waals surface area contributed by atoms with Crippen molar-refractivity contribution in [1.29, 1.82) is 0 Å². The maximum absolute atomic E-state index is 15.8. The first-order valence-electron chi connectivity index (χ1n) is 14.4. The molecule has 2 aliphatic rings. The van der Waals surface area contributed by atoms with Gasteiger partial charge in [-0.3, -0.25) is 9.59 Å². The van der Waals surface area contributed by atoms with E-state index in [0.29, 0.717) is 36.6 Å². The summed E-state index contributed by atoms with van der Waals surface area (Å²) < 4.78 is 74.3. The molecule has 46 heavy (non-hydrogen) atoms. The van der Waals surface area contributed by atoms with E-state index < -0.39 is 42.7 Å². The Labute approximate surface area is 260 Å². The number of hydrogen-bond donors (Lipinski definition) is 1. The number of nitrogens with zero attached hydrogens (tertiary/aromatic N) is 4. The number of aliphatic hydroxyl groups excluding tert-OH is 1. The van der Waals surface area contributed by atoms with E-state index in [4.69, 9.17) is 14.2 Å². The van der Waals surface area contributed by atoms with Crippen LogP contribution >= 0.6 is 0 Å². The molecule has 2 aromatic carbocycles. The van der Waals surface area contributed by atoms with Gasteiger partial charge in [0.05, 0.1) is 31.2 Å². The molecule has 242 valence electrons. The van der Waals surface area contributed by atoms with Crippen molar-refractivity contribution in [2.45, 2.75) is 31.6 Å². The molecule has 2 amide bonds. The number of methoxy groups -OCH3 is 2. The number of fused-ring (bicyclic) bond motifs is 4. The van der Waals surface area contributed by atoms with Crippen molar-refractivity contribution in [3.8, 4) is 17.2 Å². The summed E-state index contributed by atoms with van der Waals surface area (Å²) in [5.74, 6) is -0.890. The third kappa shape index (κ3) is 5.68. The molecule has 0 fully saturated rings. The summed E-state index contributed by atoms with van der Waals surface area (Å²) in [6.45, 7) is -0.147. The molecule has 0 saturated carbocycles. The highest BCUT2D eigenvalue weighted by Crippen LogP contribution is 2.41. The van der Waals surface area contributed by atoms with E-state index >= 15 is 4.39 Å². The van der Waals surface area contributed by atoms with E-state index in [0.717, 1.165) is 29.3 Å². The van der Waals surface area contributed by atoms with Crippen LogP contribution in [0.5, 0.6) is 17.2 Å². The zero-order chi connectivity index (χ0) is 32.7. The molecule has 1 atom stereocenters. The van der Waals surface area contributed by atoms with Gasteiger partial charge in [-0.25, -0.2) is 9.37 Å². The highest BCUT2D eigenvalue weighted by Gasteiger charge is 2.39. The first-order valence-corrected chi connectivity index (χ1v) is 14.4. The minimum Gasteiger partial charge on any atom is -0.493 e. The SMILES string of the molecule is COc1cc(F)c(C2c3c(nc4cc(C(F)(F)F)ccn34)CCN2C(=O)COc2ccc3c(c2)CN(C(=O)CO)CC3)cc1OC. The van der Waals surface area contributed by atoms with Gasteiger partial charge in [0.2, 0.25) is 5.91 Å². The zero-order valence-corrected chi connectivity index (χ0v) is 24.9. The van der Waals surface area contributed by atoms with Gasteiger partial charge < -0.3 is 33.5 Å². The number of carbonyl (C=O) groups is 2. The van der Waals surface area contributed by atoms with Crippen LogP contribution in [0.25, 0.3) is 5.65 Å². The summed E-state index contributed by atoms with van der Waals surface area (Å²) in [6.07, 6.45) is -2.55. The number of aromatic nitrogens is 2. The highest BCUT2D eigenvalue weighted by atomic mass is 19.4. The van der Waals surface area contributed by atoms with E-state index in [2.05, 4.69) is 4.98 Å². The fraction of sp³-hybridized carbons (Fsp3) is 0.344. The molecule has 0 bridgehead atoms. The summed E-state index contributed by atoms with van der Waals surface area (Å²) in [6, 6.07) is 8.59. The van der Waals surface area contributed by atoms with Gasteiger partial charge in [0, 0.05) is 43.9 Å². The maximum Gasteiger partial charge on any atom is 0.416 e. The zero-order valence-electron chi connectivity index (χ0n) is 24.9. The van der Waals surface area contributed by atoms with Crippen molar-refractivity contribution in [2.75, 3.05) is 40.5 Å². The molecule has 0 saturated heterocycles. The average Bonchev–Trinajstić information content (AvgIpc) is 3.43. The van der Waals surface area contributed by atoms with Gasteiger partial charge in [0.25, 0.3) is 5.91 Å². The minimum absolute atomic E-state index is 0.0130. The van der Waals surface area contributed by atoms with Gasteiger partial charge >= 0.3 is 6.18 Å². The Morgan fingerprint density at radius 3 is 2.46 bits per heavy atom. The lowest BCUT2D eigenvalue weighted by atomic mass is 9.94. The van der Waals surface area contributed by atoms with Crippen molar-refractivity contribution in [1.82, 2.24) is 19.2 Å². The lowest BCUT2D eigenvalue weighted by molar-refractivity contribution is -0.137. The molecule has 0 radical (unpaired) electrons. The first kappa shape index (κ1) is 31.1. The molecule has 2 aliphatic heterocycles. The minimum atomic E-state index is -4.59. The second-order valence-electron chi connectivity index (χ2n) is 11.0. The molecule has 14 heteroatoms. The van der Waals surface area contributed by atoms with Crippen LogP contribution in [0.3, 0.4) is 0 Å². The number of carbonyl (C=O) groups excluding carboxylic acids is 2. The fourth-order valence-electron chi connectivity index (χ4n) is 6.09. The Morgan fingerprint density at radius 1 is 0.978 bits per heavy atom. The molecular formula is C32H30F4N4O6. The van der Waals surface area contributed by atoms with E-state index in [-0.39, 0.29) is 41.6 Å². The van der Waals surface area contributed by atoms with Crippen LogP contribution in [0.2, 0.25) is 0 Å². The number of ether oxygens (including phenoxy) is 3. The van der Waals surface area contributed by atoms with E-state index in [1.54, 1.807) is 17.0 Å². The van der Waals surface area contributed by atoms with Crippen LogP contribution < -0.4 is 14.2 Å². The fourth-order valence-corrected chi connectivity index (χ4v) is 6.09. The summed E-state index contributed by atoms with van der Waals surface area (Å²) in [5, 5.41) is 9.24. The van der Waals surface area contributed by atoms with Gasteiger partial charge in [-0.05, 0) is 47.9 Å². The predicted octanol–water partition coefficient (Wildman–Crippen LogP) is 3.94. The van der Waals surface area contributed by atoms with E-state index in [1.165, 1.54) is 35.8 Å². The Bertz CT molecular complexity index is 1820. The van der Waals surface area contributed by atoms with Crippen LogP contribution in [0, 0.1) is 5.82 Å². The molecule has 6 rings (SSSR count). The Kier molecular flexibility index (Phi) is 8.23. The van der Waals surface area contributed by atoms with Crippen molar-refractivity contribution in [3.63, 3.8) is 0 Å². The number of aliphatic hydroxyl groups is 1. The van der Waals surface area contributed by atoms with E-state index in [9.17, 15) is 27.9 Å². The third-order valence-electron chi connectivity index (χ3n) is 8.38. The predicted molar refractivity (Wildman–Crippen MR) is 155 cm³/mol. The quantitative estimate of drug-likeness (QED) is 0.305. The summed E-state index contributed by atoms with van der Waals surface area (Å²) in [7, 11) is 2.74. The Hall–Kier alpha value is -4.85. The van der Waals surface area contributed by atoms with Gasteiger partial charge in [-0.2, -0.15) is 13.2 Å². The summed E-state index contributed by atoms with van der Waals surface area (Å²) >= 11 is 0. The number of hydrogen-bond acceptors (Lipinski definition) is 7. The average molecular weight is 643 g/mol. The van der Waals surface area contributed by atoms with Crippen LogP contribution in [-0.2, 0) is 35.2 Å². The summed E-state index contributed by atoms with van der Waals surface area (Å²) in [5.41, 5.74) is 1.79. The first-order chi connectivity index (χ1) is 22.0. The molecular weight excluding hydrogens is 612 g/mol. The number of rotatable bonds is 7. The molecule has 10 nitrogen and oxygen atoms in total. The maximum atomic E-state index is 15.8. The topological polar surface area (TPSA) is 106 Å². The summed E-state index contributed by atoms with van der Waals surface area (Å²) in [4.78, 5) is 33.2. The smallest absolute Gasteiger partial charge is 0.416 e. The van der Waals surface area contributed by atoms with Gasteiger partial charge in [0.15, 0.2) is 18.1 Å². The molecule has 4 aromatic rings. The standard InChI is InChI=1S/C32H30F4N4O6/c1-44-25-13-22(23(33)14-26(25)45-2)30-31-24(37-27-12-20(32(34,35)36)6-9-39(27)31)7-10-40(30)29(43)17-46-21-4-3-18-5-8-38(28(42)16-41)15-19(18)11-21/h3-4,6,9,11-14,30,41H,5,7-8,10,15-17H2,1-2H3. The monoisotopic (exact) mass is 642 g/mol. The number of pyridine rings is 1. The van der Waals surface area contributed by atoms with Crippen molar-refractivity contribution < 1.29 is 46.5 Å². The van der Waals surface area contributed by atoms with E-state index in [1.807, 2.05) is 6.07 Å². The van der Waals surface area contributed by atoms with Gasteiger partial charge in [-0.1, -0.05) is 6.07 Å². The second kappa shape index (κ2) is 12.2. The van der Waals surface area contributed by atoms with Crippen molar-refractivity contribution in [3.05, 3.63) is 88.1 Å². The number of imidazole rings is 1. The van der Waals surface area contributed by atoms with Gasteiger partial charge in [0.1, 0.15) is 29.9 Å². The molecule has 1 N–H and O–H groups in total. The highest BCUT2D eigenvalue weighted by molar-refractivity contribution is 5.79. The molecule has 4 heterocycles. The lowest BCUT2D eigenvalue weighted by Gasteiger charge is -2.36. The Balaban J connectivity index is 1.35. The van der Waals surface area contributed by atoms with Crippen LogP contribution in [0.4, 0.5) is 17.6 Å². The number of alkyl halides is 3. The number of halogens is 4. The molecule has 1 unspecified atom stereocenters.